The van der Waals surface area contributed by atoms with Gasteiger partial charge in [0.15, 0.2) is 0 Å². The lowest BCUT2D eigenvalue weighted by Gasteiger charge is -2.04. The Kier molecular flexibility index (Phi) is 7.45. The number of amides is 1. The summed E-state index contributed by atoms with van der Waals surface area (Å²) in [6.45, 7) is 9.90. The van der Waals surface area contributed by atoms with Gasteiger partial charge in [-0.25, -0.2) is 0 Å². The molecule has 2 heteroatoms. The van der Waals surface area contributed by atoms with Crippen molar-refractivity contribution in [2.75, 3.05) is 0 Å². The van der Waals surface area contributed by atoms with Gasteiger partial charge in [-0.1, -0.05) is 58.0 Å². The number of nitrogens with two attached hydrogens (primary N) is 1. The molecule has 0 unspecified atom stereocenters. The molecule has 18 heavy (non-hydrogen) atoms. The van der Waals surface area contributed by atoms with E-state index in [1.807, 2.05) is 71.0 Å². The van der Waals surface area contributed by atoms with Gasteiger partial charge in [-0.2, -0.15) is 0 Å². The van der Waals surface area contributed by atoms with E-state index in [4.69, 9.17) is 5.73 Å². The SMILES string of the molecule is CC.CC.Cc1cc2ccccc2cc1C(N)=O. The molecule has 0 atom stereocenters. The number of hydrogen-bond acceptors (Lipinski definition) is 1. The summed E-state index contributed by atoms with van der Waals surface area (Å²) < 4.78 is 0. The molecule has 0 aromatic heterocycles. The van der Waals surface area contributed by atoms with Crippen LogP contribution in [0, 0.1) is 6.92 Å². The van der Waals surface area contributed by atoms with Crippen molar-refractivity contribution in [3.63, 3.8) is 0 Å². The summed E-state index contributed by atoms with van der Waals surface area (Å²) in [4.78, 5) is 11.1. The molecular weight excluding hydrogens is 222 g/mol. The highest BCUT2D eigenvalue weighted by Crippen LogP contribution is 2.18. The average molecular weight is 245 g/mol. The summed E-state index contributed by atoms with van der Waals surface area (Å²) in [6, 6.07) is 11.7. The first kappa shape index (κ1) is 16.2. The van der Waals surface area contributed by atoms with Gasteiger partial charge in [-0.3, -0.25) is 4.79 Å². The lowest BCUT2D eigenvalue weighted by atomic mass is 10.0. The fraction of sp³-hybridized carbons (Fsp3) is 0.312. The zero-order valence-electron chi connectivity index (χ0n) is 11.9. The zero-order valence-corrected chi connectivity index (χ0v) is 11.9. The summed E-state index contributed by atoms with van der Waals surface area (Å²) in [6.07, 6.45) is 0. The van der Waals surface area contributed by atoms with Crippen LogP contribution < -0.4 is 5.73 Å². The third kappa shape index (κ3) is 3.88. The molecule has 0 fully saturated rings. The third-order valence-corrected chi connectivity index (χ3v) is 2.36. The van der Waals surface area contributed by atoms with Crippen molar-refractivity contribution in [3.05, 3.63) is 47.5 Å². The number of carbonyl (C=O) groups excluding carboxylic acids is 1. The largest absolute Gasteiger partial charge is 0.366 e. The normalized spacial score (nSPS) is 8.72. The van der Waals surface area contributed by atoms with Crippen LogP contribution in [0.5, 0.6) is 0 Å². The topological polar surface area (TPSA) is 43.1 Å². The van der Waals surface area contributed by atoms with Gasteiger partial charge in [0.1, 0.15) is 0 Å². The Hall–Kier alpha value is -1.83. The zero-order chi connectivity index (χ0) is 14.1. The van der Waals surface area contributed by atoms with Gasteiger partial charge in [-0.15, -0.1) is 0 Å². The highest BCUT2D eigenvalue weighted by Gasteiger charge is 2.05. The Balaban J connectivity index is 0.000000659. The van der Waals surface area contributed by atoms with E-state index >= 15 is 0 Å². The van der Waals surface area contributed by atoms with Gasteiger partial charge in [-0.05, 0) is 29.3 Å². The van der Waals surface area contributed by atoms with Crippen molar-refractivity contribution in [1.82, 2.24) is 0 Å². The Morgan fingerprint density at radius 3 is 1.83 bits per heavy atom. The van der Waals surface area contributed by atoms with Crippen LogP contribution in [0.3, 0.4) is 0 Å². The van der Waals surface area contributed by atoms with E-state index < -0.39 is 0 Å². The predicted octanol–water partition coefficient (Wildman–Crippen LogP) is 4.30. The molecule has 2 N–H and O–H groups in total. The van der Waals surface area contributed by atoms with Gasteiger partial charge < -0.3 is 5.73 Å². The molecule has 0 heterocycles. The number of benzene rings is 2. The lowest BCUT2D eigenvalue weighted by molar-refractivity contribution is 0.1000. The smallest absolute Gasteiger partial charge is 0.248 e. The Bertz CT molecular complexity index is 503. The minimum Gasteiger partial charge on any atom is -0.366 e. The van der Waals surface area contributed by atoms with E-state index in [1.165, 1.54) is 0 Å². The molecule has 0 aliphatic heterocycles. The van der Waals surface area contributed by atoms with Crippen LogP contribution in [0.4, 0.5) is 0 Å². The molecule has 2 nitrogen and oxygen atoms in total. The van der Waals surface area contributed by atoms with E-state index in [9.17, 15) is 4.79 Å². The summed E-state index contributed by atoms with van der Waals surface area (Å²) >= 11 is 0. The molecule has 0 spiro atoms. The van der Waals surface area contributed by atoms with E-state index in [-0.39, 0.29) is 5.91 Å². The second-order valence-corrected chi connectivity index (χ2v) is 3.38. The van der Waals surface area contributed by atoms with Gasteiger partial charge in [0.2, 0.25) is 5.91 Å². The van der Waals surface area contributed by atoms with Gasteiger partial charge in [0.25, 0.3) is 0 Å². The number of primary amides is 1. The minimum atomic E-state index is -0.367. The molecule has 1 amide bonds. The van der Waals surface area contributed by atoms with Gasteiger partial charge >= 0.3 is 0 Å². The van der Waals surface area contributed by atoms with Crippen LogP contribution in [-0.2, 0) is 0 Å². The fourth-order valence-electron chi connectivity index (χ4n) is 1.62. The summed E-state index contributed by atoms with van der Waals surface area (Å²) in [5.74, 6) is -0.367. The summed E-state index contributed by atoms with van der Waals surface area (Å²) in [5, 5.41) is 2.18. The molecule has 0 saturated heterocycles. The van der Waals surface area contributed by atoms with Crippen molar-refractivity contribution < 1.29 is 4.79 Å². The first-order valence-electron chi connectivity index (χ1n) is 6.47. The quantitative estimate of drug-likeness (QED) is 0.799. The molecule has 0 aliphatic rings. The van der Waals surface area contributed by atoms with Crippen molar-refractivity contribution in [2.24, 2.45) is 5.73 Å². The maximum Gasteiger partial charge on any atom is 0.248 e. The molecule has 98 valence electrons. The van der Waals surface area contributed by atoms with E-state index in [0.29, 0.717) is 5.56 Å². The van der Waals surface area contributed by atoms with Crippen LogP contribution in [-0.4, -0.2) is 5.91 Å². The summed E-state index contributed by atoms with van der Waals surface area (Å²) in [7, 11) is 0. The van der Waals surface area contributed by atoms with Crippen molar-refractivity contribution in [1.29, 1.82) is 0 Å². The molecule has 2 aromatic carbocycles. The second kappa shape index (κ2) is 8.29. The van der Waals surface area contributed by atoms with Crippen molar-refractivity contribution in [2.45, 2.75) is 34.6 Å². The predicted molar refractivity (Wildman–Crippen MR) is 79.9 cm³/mol. The van der Waals surface area contributed by atoms with Crippen LogP contribution in [0.25, 0.3) is 10.8 Å². The number of carbonyl (C=O) groups is 1. The number of hydrogen-bond donors (Lipinski definition) is 1. The standard InChI is InChI=1S/C12H11NO.2C2H6/c1-8-6-9-4-2-3-5-10(9)7-11(8)12(13)14;2*1-2/h2-7H,1H3,(H2,13,14);2*1-2H3. The number of rotatable bonds is 1. The number of fused-ring (bicyclic) bond motifs is 1. The van der Waals surface area contributed by atoms with Crippen LogP contribution >= 0.6 is 0 Å². The van der Waals surface area contributed by atoms with Gasteiger partial charge in [0.05, 0.1) is 0 Å². The molecule has 0 bridgehead atoms. The highest BCUT2D eigenvalue weighted by molar-refractivity contribution is 5.99. The average Bonchev–Trinajstić information content (AvgIpc) is 2.42. The molecule has 0 saturated carbocycles. The maximum absolute atomic E-state index is 11.1. The Labute approximate surface area is 110 Å². The van der Waals surface area contributed by atoms with Crippen molar-refractivity contribution >= 4 is 16.7 Å². The summed E-state index contributed by atoms with van der Waals surface area (Å²) in [5.41, 5.74) is 6.79. The Morgan fingerprint density at radius 1 is 0.944 bits per heavy atom. The first-order chi connectivity index (χ1) is 8.68. The van der Waals surface area contributed by atoms with E-state index in [1.54, 1.807) is 0 Å². The van der Waals surface area contributed by atoms with Crippen molar-refractivity contribution in [3.8, 4) is 0 Å². The van der Waals surface area contributed by atoms with E-state index in [0.717, 1.165) is 16.3 Å². The Morgan fingerprint density at radius 2 is 1.39 bits per heavy atom. The van der Waals surface area contributed by atoms with Gasteiger partial charge in [0, 0.05) is 5.56 Å². The number of aryl methyl sites for hydroxylation is 1. The molecule has 0 radical (unpaired) electrons. The second-order valence-electron chi connectivity index (χ2n) is 3.38. The minimum absolute atomic E-state index is 0.367. The van der Waals surface area contributed by atoms with Crippen LogP contribution in [0.15, 0.2) is 36.4 Å². The van der Waals surface area contributed by atoms with E-state index in [2.05, 4.69) is 0 Å². The monoisotopic (exact) mass is 245 g/mol. The fourth-order valence-corrected chi connectivity index (χ4v) is 1.62. The molecular formula is C16H23NO. The molecule has 2 aromatic rings. The van der Waals surface area contributed by atoms with Crippen LogP contribution in [0.2, 0.25) is 0 Å². The molecule has 0 aliphatic carbocycles. The molecule has 2 rings (SSSR count). The lowest BCUT2D eigenvalue weighted by Crippen LogP contribution is -2.12. The van der Waals surface area contributed by atoms with Crippen LogP contribution in [0.1, 0.15) is 43.6 Å². The third-order valence-electron chi connectivity index (χ3n) is 2.36. The maximum atomic E-state index is 11.1. The first-order valence-corrected chi connectivity index (χ1v) is 6.47. The highest BCUT2D eigenvalue weighted by atomic mass is 16.1.